The first kappa shape index (κ1) is 15.6. The zero-order valence-electron chi connectivity index (χ0n) is 12.7. The number of thiazole rings is 1. The molecule has 0 fully saturated rings. The first-order chi connectivity index (χ1) is 11.8. The average molecular weight is 371 g/mol. The van der Waals surface area contributed by atoms with Gasteiger partial charge in [-0.3, -0.25) is 0 Å². The van der Waals surface area contributed by atoms with Crippen LogP contribution in [0.15, 0.2) is 52.3 Å². The molecular formula is C17H14N4S3. The maximum atomic E-state index is 5.99. The van der Waals surface area contributed by atoms with E-state index in [1.165, 1.54) is 5.56 Å². The molecule has 0 aliphatic rings. The van der Waals surface area contributed by atoms with Gasteiger partial charge in [0.25, 0.3) is 0 Å². The van der Waals surface area contributed by atoms with E-state index in [4.69, 9.17) is 10.7 Å². The van der Waals surface area contributed by atoms with Crippen molar-refractivity contribution in [3.05, 3.63) is 63.4 Å². The van der Waals surface area contributed by atoms with Crippen molar-refractivity contribution >= 4 is 50.5 Å². The molecule has 0 bridgehead atoms. The molecule has 0 saturated heterocycles. The lowest BCUT2D eigenvalue weighted by molar-refractivity contribution is 1.01. The van der Waals surface area contributed by atoms with Gasteiger partial charge in [-0.05, 0) is 17.0 Å². The van der Waals surface area contributed by atoms with Gasteiger partial charge in [-0.25, -0.2) is 15.0 Å². The van der Waals surface area contributed by atoms with Crippen molar-refractivity contribution < 1.29 is 0 Å². The van der Waals surface area contributed by atoms with E-state index in [1.807, 2.05) is 17.5 Å². The number of nitrogen functional groups attached to an aromatic ring is 1. The smallest absolute Gasteiger partial charge is 0.191 e. The molecule has 24 heavy (non-hydrogen) atoms. The van der Waals surface area contributed by atoms with Crippen LogP contribution in [0, 0.1) is 0 Å². The van der Waals surface area contributed by atoms with Crippen LogP contribution in [0.5, 0.6) is 0 Å². The predicted molar refractivity (Wildman–Crippen MR) is 103 cm³/mol. The number of thioether (sulfide) groups is 1. The Bertz CT molecular complexity index is 962. The van der Waals surface area contributed by atoms with Gasteiger partial charge in [-0.15, -0.1) is 22.7 Å². The molecule has 0 saturated carbocycles. The fraction of sp³-hybridized carbons (Fsp3) is 0.118. The summed E-state index contributed by atoms with van der Waals surface area (Å²) in [4.78, 5) is 14.6. The molecular weight excluding hydrogens is 356 g/mol. The van der Waals surface area contributed by atoms with Crippen molar-refractivity contribution in [3.63, 3.8) is 0 Å². The van der Waals surface area contributed by atoms with Crippen LogP contribution in [-0.4, -0.2) is 15.0 Å². The van der Waals surface area contributed by atoms with Gasteiger partial charge in [0.1, 0.15) is 10.6 Å². The Morgan fingerprint density at radius 3 is 2.75 bits per heavy atom. The van der Waals surface area contributed by atoms with Gasteiger partial charge in [-0.2, -0.15) is 0 Å². The maximum absolute atomic E-state index is 5.99. The number of thiophene rings is 1. The van der Waals surface area contributed by atoms with Crippen LogP contribution in [0.4, 0.5) is 5.82 Å². The molecule has 4 nitrogen and oxygen atoms in total. The van der Waals surface area contributed by atoms with E-state index in [1.54, 1.807) is 34.4 Å². The summed E-state index contributed by atoms with van der Waals surface area (Å²) >= 11 is 4.86. The highest BCUT2D eigenvalue weighted by Gasteiger charge is 2.09. The summed E-state index contributed by atoms with van der Waals surface area (Å²) in [5.74, 6) is 1.30. The minimum Gasteiger partial charge on any atom is -0.383 e. The number of fused-ring (bicyclic) bond motifs is 1. The largest absolute Gasteiger partial charge is 0.383 e. The monoisotopic (exact) mass is 370 g/mol. The standard InChI is InChI=1S/C17H14N4S3/c18-15-13-6-7-22-16(13)21-17(20-15)24-10-12-9-23-14(19-12)8-11-4-2-1-3-5-11/h1-7,9H,8,10H2,(H2,18,20,21). The highest BCUT2D eigenvalue weighted by molar-refractivity contribution is 7.98. The van der Waals surface area contributed by atoms with E-state index in [-0.39, 0.29) is 0 Å². The fourth-order valence-corrected chi connectivity index (χ4v) is 4.83. The molecule has 0 spiro atoms. The second-order valence-corrected chi connectivity index (χ2v) is 7.99. The molecule has 0 aliphatic heterocycles. The Balaban J connectivity index is 1.44. The predicted octanol–water partition coefficient (Wildman–Crippen LogP) is 4.61. The van der Waals surface area contributed by atoms with Gasteiger partial charge < -0.3 is 5.73 Å². The maximum Gasteiger partial charge on any atom is 0.191 e. The van der Waals surface area contributed by atoms with E-state index in [0.717, 1.165) is 33.1 Å². The van der Waals surface area contributed by atoms with Gasteiger partial charge in [0.15, 0.2) is 5.16 Å². The number of anilines is 1. The van der Waals surface area contributed by atoms with E-state index >= 15 is 0 Å². The van der Waals surface area contributed by atoms with Gasteiger partial charge in [-0.1, -0.05) is 42.1 Å². The van der Waals surface area contributed by atoms with E-state index in [2.05, 4.69) is 39.6 Å². The van der Waals surface area contributed by atoms with Crippen LogP contribution < -0.4 is 5.73 Å². The molecule has 2 N–H and O–H groups in total. The Kier molecular flexibility index (Phi) is 4.46. The van der Waals surface area contributed by atoms with Crippen molar-refractivity contribution in [1.29, 1.82) is 0 Å². The highest BCUT2D eigenvalue weighted by Crippen LogP contribution is 2.28. The third-order valence-electron chi connectivity index (χ3n) is 3.48. The fourth-order valence-electron chi connectivity index (χ4n) is 2.33. The third-order valence-corrected chi connectivity index (χ3v) is 6.07. The number of rotatable bonds is 5. The van der Waals surface area contributed by atoms with Crippen LogP contribution in [-0.2, 0) is 12.2 Å². The number of nitrogens with two attached hydrogens (primary N) is 1. The third kappa shape index (κ3) is 3.43. The van der Waals surface area contributed by atoms with E-state index in [0.29, 0.717) is 11.0 Å². The Morgan fingerprint density at radius 1 is 1.00 bits per heavy atom. The molecule has 0 radical (unpaired) electrons. The first-order valence-electron chi connectivity index (χ1n) is 7.38. The van der Waals surface area contributed by atoms with Crippen LogP contribution in [0.1, 0.15) is 16.3 Å². The average Bonchev–Trinajstić information content (AvgIpc) is 3.23. The van der Waals surface area contributed by atoms with Crippen molar-refractivity contribution in [2.24, 2.45) is 0 Å². The van der Waals surface area contributed by atoms with Crippen molar-refractivity contribution in [2.45, 2.75) is 17.3 Å². The molecule has 7 heteroatoms. The second kappa shape index (κ2) is 6.88. The van der Waals surface area contributed by atoms with Crippen LogP contribution in [0.2, 0.25) is 0 Å². The summed E-state index contributed by atoms with van der Waals surface area (Å²) in [7, 11) is 0. The number of hydrogen-bond acceptors (Lipinski definition) is 7. The zero-order valence-corrected chi connectivity index (χ0v) is 15.1. The Hall–Kier alpha value is -1.96. The molecule has 0 amide bonds. The number of benzene rings is 1. The lowest BCUT2D eigenvalue weighted by Crippen LogP contribution is -1.95. The number of aromatic nitrogens is 3. The summed E-state index contributed by atoms with van der Waals surface area (Å²) in [6, 6.07) is 12.4. The summed E-state index contributed by atoms with van der Waals surface area (Å²) in [6.45, 7) is 0. The number of hydrogen-bond donors (Lipinski definition) is 1. The topological polar surface area (TPSA) is 64.7 Å². The van der Waals surface area contributed by atoms with Crippen molar-refractivity contribution in [1.82, 2.24) is 15.0 Å². The first-order valence-corrected chi connectivity index (χ1v) is 10.1. The highest BCUT2D eigenvalue weighted by atomic mass is 32.2. The Morgan fingerprint density at radius 2 is 1.88 bits per heavy atom. The molecule has 3 aromatic heterocycles. The molecule has 0 atom stereocenters. The molecule has 3 heterocycles. The van der Waals surface area contributed by atoms with Gasteiger partial charge in [0.05, 0.1) is 16.1 Å². The number of nitrogens with zero attached hydrogens (tertiary/aromatic N) is 3. The molecule has 4 rings (SSSR count). The van der Waals surface area contributed by atoms with Crippen molar-refractivity contribution in [3.8, 4) is 0 Å². The normalized spacial score (nSPS) is 11.2. The quantitative estimate of drug-likeness (QED) is 0.410. The van der Waals surface area contributed by atoms with Crippen LogP contribution in [0.25, 0.3) is 10.2 Å². The second-order valence-electron chi connectivity index (χ2n) is 5.21. The molecule has 1 aromatic carbocycles. The van der Waals surface area contributed by atoms with Gasteiger partial charge in [0, 0.05) is 17.6 Å². The summed E-state index contributed by atoms with van der Waals surface area (Å²) < 4.78 is 0. The van der Waals surface area contributed by atoms with E-state index in [9.17, 15) is 0 Å². The summed E-state index contributed by atoms with van der Waals surface area (Å²) in [6.07, 6.45) is 0.876. The van der Waals surface area contributed by atoms with Crippen molar-refractivity contribution in [2.75, 3.05) is 5.73 Å². The zero-order chi connectivity index (χ0) is 16.4. The Labute approximate surface area is 151 Å². The molecule has 0 unspecified atom stereocenters. The van der Waals surface area contributed by atoms with Crippen LogP contribution in [0.3, 0.4) is 0 Å². The van der Waals surface area contributed by atoms with E-state index < -0.39 is 0 Å². The molecule has 4 aromatic rings. The lowest BCUT2D eigenvalue weighted by atomic mass is 10.2. The molecule has 0 aliphatic carbocycles. The molecule has 120 valence electrons. The summed E-state index contributed by atoms with van der Waals surface area (Å²) in [5.41, 5.74) is 8.33. The lowest BCUT2D eigenvalue weighted by Gasteiger charge is -2.01. The van der Waals surface area contributed by atoms with Crippen LogP contribution >= 0.6 is 34.4 Å². The van der Waals surface area contributed by atoms with Gasteiger partial charge >= 0.3 is 0 Å². The summed E-state index contributed by atoms with van der Waals surface area (Å²) in [5, 5.41) is 6.87. The van der Waals surface area contributed by atoms with Gasteiger partial charge in [0.2, 0.25) is 0 Å². The minimum absolute atomic E-state index is 0.548. The SMILES string of the molecule is Nc1nc(SCc2csc(Cc3ccccc3)n2)nc2sccc12. The minimum atomic E-state index is 0.548.